The van der Waals surface area contributed by atoms with Crippen molar-refractivity contribution < 1.29 is 14.7 Å². The van der Waals surface area contributed by atoms with Gasteiger partial charge in [0.1, 0.15) is 6.54 Å². The van der Waals surface area contributed by atoms with Crippen LogP contribution in [0.1, 0.15) is 29.8 Å². The first-order valence-corrected chi connectivity index (χ1v) is 5.64. The van der Waals surface area contributed by atoms with Crippen LogP contribution in [-0.2, 0) is 22.5 Å². The molecule has 0 radical (unpaired) electrons. The Hall–Kier alpha value is -1.78. The van der Waals surface area contributed by atoms with Gasteiger partial charge in [0, 0.05) is 17.0 Å². The summed E-state index contributed by atoms with van der Waals surface area (Å²) in [6, 6.07) is 1.96. The van der Waals surface area contributed by atoms with Gasteiger partial charge in [-0.2, -0.15) is 0 Å². The lowest BCUT2D eigenvalue weighted by Crippen LogP contribution is -2.18. The summed E-state index contributed by atoms with van der Waals surface area (Å²) in [7, 11) is 1.38. The van der Waals surface area contributed by atoms with Crippen LogP contribution in [0.4, 0.5) is 0 Å². The molecular formula is C12H16N2O3. The number of esters is 1. The molecule has 1 heterocycles. The van der Waals surface area contributed by atoms with E-state index in [1.54, 1.807) is 0 Å². The predicted molar refractivity (Wildman–Crippen MR) is 62.4 cm³/mol. The van der Waals surface area contributed by atoms with Gasteiger partial charge in [-0.05, 0) is 32.3 Å². The molecule has 5 heteroatoms. The zero-order valence-corrected chi connectivity index (χ0v) is 10.1. The minimum absolute atomic E-state index is 0.219. The number of fused-ring (bicyclic) bond motifs is 1. The molecule has 1 aromatic rings. The molecule has 0 saturated heterocycles. The van der Waals surface area contributed by atoms with Crippen LogP contribution in [0.5, 0.6) is 0 Å². The maximum Gasteiger partial charge on any atom is 0.325 e. The van der Waals surface area contributed by atoms with E-state index in [0.29, 0.717) is 5.71 Å². The number of hydrogen-bond acceptors (Lipinski definition) is 4. The zero-order valence-electron chi connectivity index (χ0n) is 10.1. The summed E-state index contributed by atoms with van der Waals surface area (Å²) in [5.74, 6) is -0.264. The van der Waals surface area contributed by atoms with Crippen molar-refractivity contribution in [3.8, 4) is 0 Å². The third-order valence-corrected chi connectivity index (χ3v) is 3.19. The topological polar surface area (TPSA) is 63.8 Å². The first kappa shape index (κ1) is 11.7. The summed E-state index contributed by atoms with van der Waals surface area (Å²) in [6.07, 6.45) is 2.63. The molecule has 1 N–H and O–H groups in total. The second-order valence-electron chi connectivity index (χ2n) is 4.21. The molecule has 0 atom stereocenters. The Balaban J connectivity index is 2.41. The zero-order chi connectivity index (χ0) is 12.4. The number of aromatic nitrogens is 1. The van der Waals surface area contributed by atoms with E-state index in [1.807, 2.05) is 17.6 Å². The lowest BCUT2D eigenvalue weighted by molar-refractivity contribution is -0.141. The molecule has 1 aliphatic carbocycles. The van der Waals surface area contributed by atoms with Crippen LogP contribution < -0.4 is 0 Å². The van der Waals surface area contributed by atoms with Crippen molar-refractivity contribution >= 4 is 11.7 Å². The Bertz CT molecular complexity index is 474. The summed E-state index contributed by atoms with van der Waals surface area (Å²) in [5, 5.41) is 12.3. The third-order valence-electron chi connectivity index (χ3n) is 3.19. The van der Waals surface area contributed by atoms with E-state index >= 15 is 0 Å². The number of hydrogen-bond donors (Lipinski definition) is 1. The smallest absolute Gasteiger partial charge is 0.325 e. The highest BCUT2D eigenvalue weighted by Crippen LogP contribution is 2.25. The Morgan fingerprint density at radius 2 is 2.35 bits per heavy atom. The fourth-order valence-electron chi connectivity index (χ4n) is 2.32. The third kappa shape index (κ3) is 2.05. The first-order chi connectivity index (χ1) is 8.17. The number of carbonyl (C=O) groups is 1. The molecule has 0 unspecified atom stereocenters. The monoisotopic (exact) mass is 236 g/mol. The maximum absolute atomic E-state index is 11.3. The number of carbonyl (C=O) groups excluding carboxylic acids is 1. The highest BCUT2D eigenvalue weighted by atomic mass is 16.5. The van der Waals surface area contributed by atoms with Crippen molar-refractivity contribution in [1.82, 2.24) is 4.57 Å². The van der Waals surface area contributed by atoms with E-state index in [1.165, 1.54) is 7.11 Å². The summed E-state index contributed by atoms with van der Waals surface area (Å²) in [5.41, 5.74) is 3.72. The second-order valence-corrected chi connectivity index (χ2v) is 4.21. The van der Waals surface area contributed by atoms with Crippen molar-refractivity contribution in [2.45, 2.75) is 32.7 Å². The predicted octanol–water partition coefficient (Wildman–Crippen LogP) is 1.48. The lowest BCUT2D eigenvalue weighted by Gasteiger charge is -2.16. The average molecular weight is 236 g/mol. The van der Waals surface area contributed by atoms with Gasteiger partial charge < -0.3 is 14.5 Å². The molecule has 2 rings (SSSR count). The molecule has 0 fully saturated rings. The van der Waals surface area contributed by atoms with Gasteiger partial charge in [-0.3, -0.25) is 4.79 Å². The van der Waals surface area contributed by atoms with E-state index < -0.39 is 0 Å². The van der Waals surface area contributed by atoms with Gasteiger partial charge in [-0.15, -0.1) is 0 Å². The molecular weight excluding hydrogens is 220 g/mol. The SMILES string of the molecule is COC(=O)Cn1c(C)cc2c1CCC/C2=N/O. The van der Waals surface area contributed by atoms with Crippen LogP contribution in [0.15, 0.2) is 11.2 Å². The van der Waals surface area contributed by atoms with E-state index in [9.17, 15) is 4.79 Å². The maximum atomic E-state index is 11.3. The number of aryl methyl sites for hydroxylation is 1. The van der Waals surface area contributed by atoms with Crippen LogP contribution in [0.25, 0.3) is 0 Å². The number of oxime groups is 1. The molecule has 0 aromatic carbocycles. The standard InChI is InChI=1S/C12H16N2O3/c1-8-6-9-10(13-16)4-3-5-11(9)14(8)7-12(15)17-2/h6,16H,3-5,7H2,1-2H3/b13-10-. The van der Waals surface area contributed by atoms with Gasteiger partial charge in [0.2, 0.25) is 0 Å². The van der Waals surface area contributed by atoms with Gasteiger partial charge in [0.25, 0.3) is 0 Å². The summed E-state index contributed by atoms with van der Waals surface area (Å²) >= 11 is 0. The Morgan fingerprint density at radius 1 is 1.59 bits per heavy atom. The van der Waals surface area contributed by atoms with Crippen molar-refractivity contribution in [2.24, 2.45) is 5.16 Å². The van der Waals surface area contributed by atoms with E-state index in [-0.39, 0.29) is 12.5 Å². The number of ether oxygens (including phenoxy) is 1. The molecule has 0 spiro atoms. The Morgan fingerprint density at radius 3 is 3.00 bits per heavy atom. The molecule has 1 aromatic heterocycles. The normalized spacial score (nSPS) is 16.9. The largest absolute Gasteiger partial charge is 0.468 e. The molecule has 5 nitrogen and oxygen atoms in total. The van der Waals surface area contributed by atoms with Crippen molar-refractivity contribution in [3.05, 3.63) is 23.0 Å². The minimum Gasteiger partial charge on any atom is -0.468 e. The second kappa shape index (κ2) is 4.61. The fourth-order valence-corrected chi connectivity index (χ4v) is 2.32. The highest BCUT2D eigenvalue weighted by molar-refractivity contribution is 6.02. The van der Waals surface area contributed by atoms with Gasteiger partial charge in [0.15, 0.2) is 0 Å². The fraction of sp³-hybridized carbons (Fsp3) is 0.500. The lowest BCUT2D eigenvalue weighted by atomic mass is 9.96. The van der Waals surface area contributed by atoms with Crippen LogP contribution in [0.3, 0.4) is 0 Å². The molecule has 17 heavy (non-hydrogen) atoms. The summed E-state index contributed by atoms with van der Waals surface area (Å²) in [6.45, 7) is 2.16. The van der Waals surface area contributed by atoms with Gasteiger partial charge in [-0.1, -0.05) is 5.16 Å². The van der Waals surface area contributed by atoms with Crippen LogP contribution in [0.2, 0.25) is 0 Å². The van der Waals surface area contributed by atoms with Crippen LogP contribution in [0, 0.1) is 6.92 Å². The van der Waals surface area contributed by atoms with Crippen molar-refractivity contribution in [2.75, 3.05) is 7.11 Å². The summed E-state index contributed by atoms with van der Waals surface area (Å²) < 4.78 is 6.62. The number of nitrogens with zero attached hydrogens (tertiary/aromatic N) is 2. The first-order valence-electron chi connectivity index (χ1n) is 5.64. The van der Waals surface area contributed by atoms with Gasteiger partial charge in [0.05, 0.1) is 12.8 Å². The van der Waals surface area contributed by atoms with E-state index in [4.69, 9.17) is 5.21 Å². The number of rotatable bonds is 2. The highest BCUT2D eigenvalue weighted by Gasteiger charge is 2.22. The molecule has 0 bridgehead atoms. The van der Waals surface area contributed by atoms with E-state index in [2.05, 4.69) is 9.89 Å². The molecule has 92 valence electrons. The molecule has 1 aliphatic rings. The van der Waals surface area contributed by atoms with Crippen molar-refractivity contribution in [1.29, 1.82) is 0 Å². The van der Waals surface area contributed by atoms with Crippen LogP contribution >= 0.6 is 0 Å². The quantitative estimate of drug-likeness (QED) is 0.480. The molecule has 0 saturated carbocycles. The summed E-state index contributed by atoms with van der Waals surface area (Å²) in [4.78, 5) is 11.3. The molecule has 0 aliphatic heterocycles. The molecule has 0 amide bonds. The Labute approximate surface area is 99.7 Å². The van der Waals surface area contributed by atoms with E-state index in [0.717, 1.165) is 36.2 Å². The minimum atomic E-state index is -0.264. The van der Waals surface area contributed by atoms with Crippen molar-refractivity contribution in [3.63, 3.8) is 0 Å². The Kier molecular flexibility index (Phi) is 3.17. The number of methoxy groups -OCH3 is 1. The van der Waals surface area contributed by atoms with Crippen LogP contribution in [-0.4, -0.2) is 28.6 Å². The van der Waals surface area contributed by atoms with Gasteiger partial charge in [-0.25, -0.2) is 0 Å². The van der Waals surface area contributed by atoms with Gasteiger partial charge >= 0.3 is 5.97 Å². The average Bonchev–Trinajstić information content (AvgIpc) is 2.66.